The van der Waals surface area contributed by atoms with Gasteiger partial charge in [0.1, 0.15) is 5.69 Å². The van der Waals surface area contributed by atoms with E-state index in [-0.39, 0.29) is 6.42 Å². The summed E-state index contributed by atoms with van der Waals surface area (Å²) < 4.78 is 9.36. The summed E-state index contributed by atoms with van der Waals surface area (Å²) in [6.45, 7) is 0. The lowest BCUT2D eigenvalue weighted by Gasteiger charge is -2.18. The van der Waals surface area contributed by atoms with Gasteiger partial charge in [-0.2, -0.15) is 0 Å². The third-order valence-corrected chi connectivity index (χ3v) is 5.21. The average molecular weight is 489 g/mol. The van der Waals surface area contributed by atoms with Crippen molar-refractivity contribution in [2.45, 2.75) is 12.5 Å². The molecule has 0 bridgehead atoms. The molecule has 154 valence electrons. The van der Waals surface area contributed by atoms with Crippen molar-refractivity contribution < 1.29 is 19.1 Å². The molecule has 30 heavy (non-hydrogen) atoms. The molecule has 2 N–H and O–H groups in total. The molecule has 3 aromatic rings. The first-order valence-electron chi connectivity index (χ1n) is 8.78. The SMILES string of the molecule is COC(=O)CC(NC(=O)C(=O)Nc1ccc(-c2csnn2)cc1)c1ccc(Br)cc1. The Morgan fingerprint density at radius 1 is 1.07 bits per heavy atom. The van der Waals surface area contributed by atoms with Crippen LogP contribution in [0.5, 0.6) is 0 Å². The molecule has 1 heterocycles. The molecule has 1 unspecified atom stereocenters. The summed E-state index contributed by atoms with van der Waals surface area (Å²) in [4.78, 5) is 36.5. The molecule has 8 nitrogen and oxygen atoms in total. The molecule has 2 amide bonds. The highest BCUT2D eigenvalue weighted by Gasteiger charge is 2.23. The lowest BCUT2D eigenvalue weighted by molar-refractivity contribution is -0.142. The molecule has 0 saturated carbocycles. The second-order valence-corrected chi connectivity index (χ2v) is 7.70. The number of amides is 2. The van der Waals surface area contributed by atoms with Crippen molar-refractivity contribution >= 4 is 50.9 Å². The van der Waals surface area contributed by atoms with Crippen LogP contribution in [0.3, 0.4) is 0 Å². The van der Waals surface area contributed by atoms with Crippen molar-refractivity contribution in [1.29, 1.82) is 0 Å². The molecular weight excluding hydrogens is 472 g/mol. The summed E-state index contributed by atoms with van der Waals surface area (Å²) in [5, 5.41) is 10.9. The van der Waals surface area contributed by atoms with E-state index in [0.29, 0.717) is 11.3 Å². The van der Waals surface area contributed by atoms with Crippen molar-refractivity contribution in [2.75, 3.05) is 12.4 Å². The quantitative estimate of drug-likeness (QED) is 0.406. The number of aromatic nitrogens is 2. The van der Waals surface area contributed by atoms with Crippen LogP contribution in [0.15, 0.2) is 58.4 Å². The second-order valence-electron chi connectivity index (χ2n) is 6.18. The Morgan fingerprint density at radius 3 is 2.37 bits per heavy atom. The summed E-state index contributed by atoms with van der Waals surface area (Å²) >= 11 is 4.58. The van der Waals surface area contributed by atoms with Gasteiger partial charge in [-0.25, -0.2) is 0 Å². The van der Waals surface area contributed by atoms with Gasteiger partial charge in [-0.05, 0) is 41.4 Å². The smallest absolute Gasteiger partial charge is 0.313 e. The van der Waals surface area contributed by atoms with Crippen LogP contribution in [-0.2, 0) is 19.1 Å². The average Bonchev–Trinajstić information content (AvgIpc) is 3.29. The first-order chi connectivity index (χ1) is 14.5. The van der Waals surface area contributed by atoms with Gasteiger partial charge >= 0.3 is 17.8 Å². The standard InChI is InChI=1S/C20H17BrN4O4S/c1-29-18(26)10-16(12-2-6-14(21)7-3-12)23-20(28)19(27)22-15-8-4-13(5-9-15)17-11-30-25-24-17/h2-9,11,16H,10H2,1H3,(H,22,27)(H,23,28). The molecule has 0 spiro atoms. The number of rotatable bonds is 6. The van der Waals surface area contributed by atoms with E-state index in [1.54, 1.807) is 48.5 Å². The summed E-state index contributed by atoms with van der Waals surface area (Å²) in [6.07, 6.45) is -0.104. The summed E-state index contributed by atoms with van der Waals surface area (Å²) in [6, 6.07) is 13.2. The molecule has 0 radical (unpaired) electrons. The van der Waals surface area contributed by atoms with E-state index in [4.69, 9.17) is 4.74 Å². The van der Waals surface area contributed by atoms with Crippen LogP contribution in [0, 0.1) is 0 Å². The minimum absolute atomic E-state index is 0.104. The Balaban J connectivity index is 1.66. The van der Waals surface area contributed by atoms with Crippen LogP contribution in [0.4, 0.5) is 5.69 Å². The Hall–Kier alpha value is -3.11. The maximum atomic E-state index is 12.4. The topological polar surface area (TPSA) is 110 Å². The van der Waals surface area contributed by atoms with Crippen LogP contribution in [0.1, 0.15) is 18.0 Å². The van der Waals surface area contributed by atoms with Gasteiger partial charge in [0.15, 0.2) is 0 Å². The van der Waals surface area contributed by atoms with Crippen molar-refractivity contribution in [2.24, 2.45) is 0 Å². The first kappa shape index (κ1) is 21.6. The molecule has 2 aromatic carbocycles. The Bertz CT molecular complexity index is 1020. The van der Waals surface area contributed by atoms with Gasteiger partial charge in [-0.3, -0.25) is 14.4 Å². The maximum Gasteiger partial charge on any atom is 0.313 e. The summed E-state index contributed by atoms with van der Waals surface area (Å²) in [5.41, 5.74) is 2.71. The number of hydrogen-bond donors (Lipinski definition) is 2. The highest BCUT2D eigenvalue weighted by Crippen LogP contribution is 2.21. The molecule has 10 heteroatoms. The minimum Gasteiger partial charge on any atom is -0.469 e. The third kappa shape index (κ3) is 5.71. The normalized spacial score (nSPS) is 11.4. The molecule has 1 aromatic heterocycles. The van der Waals surface area contributed by atoms with Crippen molar-refractivity contribution in [3.8, 4) is 11.3 Å². The van der Waals surface area contributed by atoms with Crippen LogP contribution in [-0.4, -0.2) is 34.5 Å². The fourth-order valence-electron chi connectivity index (χ4n) is 2.62. The van der Waals surface area contributed by atoms with E-state index in [2.05, 4.69) is 36.2 Å². The molecule has 0 saturated heterocycles. The Labute approximate surface area is 184 Å². The molecule has 1 atom stereocenters. The zero-order chi connectivity index (χ0) is 21.5. The van der Waals surface area contributed by atoms with Gasteiger partial charge < -0.3 is 15.4 Å². The highest BCUT2D eigenvalue weighted by atomic mass is 79.9. The zero-order valence-electron chi connectivity index (χ0n) is 15.8. The van der Waals surface area contributed by atoms with Gasteiger partial charge in [-0.1, -0.05) is 44.7 Å². The summed E-state index contributed by atoms with van der Waals surface area (Å²) in [7, 11) is 1.26. The molecule has 0 aliphatic carbocycles. The molecule has 0 aliphatic rings. The number of halogens is 1. The number of carbonyl (C=O) groups excluding carboxylic acids is 3. The minimum atomic E-state index is -0.861. The van der Waals surface area contributed by atoms with E-state index in [1.807, 2.05) is 5.38 Å². The van der Waals surface area contributed by atoms with Gasteiger partial charge in [-0.15, -0.1) is 5.10 Å². The maximum absolute atomic E-state index is 12.4. The predicted molar refractivity (Wildman–Crippen MR) is 116 cm³/mol. The van der Waals surface area contributed by atoms with Crippen LogP contribution >= 0.6 is 27.5 Å². The number of anilines is 1. The number of carbonyl (C=O) groups is 3. The summed E-state index contributed by atoms with van der Waals surface area (Å²) in [5.74, 6) is -2.21. The van der Waals surface area contributed by atoms with E-state index < -0.39 is 23.8 Å². The zero-order valence-corrected chi connectivity index (χ0v) is 18.2. The molecule has 3 rings (SSSR count). The highest BCUT2D eigenvalue weighted by molar-refractivity contribution is 9.10. The van der Waals surface area contributed by atoms with E-state index in [0.717, 1.165) is 15.7 Å². The van der Waals surface area contributed by atoms with Crippen molar-refractivity contribution in [3.63, 3.8) is 0 Å². The first-order valence-corrected chi connectivity index (χ1v) is 10.4. The largest absolute Gasteiger partial charge is 0.469 e. The lowest BCUT2D eigenvalue weighted by Crippen LogP contribution is -2.38. The van der Waals surface area contributed by atoms with Crippen LogP contribution in [0.2, 0.25) is 0 Å². The monoisotopic (exact) mass is 488 g/mol. The number of ether oxygens (including phenoxy) is 1. The van der Waals surface area contributed by atoms with Gasteiger partial charge in [0, 0.05) is 21.1 Å². The number of benzene rings is 2. The van der Waals surface area contributed by atoms with Crippen molar-refractivity contribution in [3.05, 3.63) is 63.9 Å². The van der Waals surface area contributed by atoms with E-state index in [1.165, 1.54) is 18.6 Å². The Kier molecular flexibility index (Phi) is 7.26. The number of nitrogens with zero attached hydrogens (tertiary/aromatic N) is 2. The molecule has 0 fully saturated rings. The van der Waals surface area contributed by atoms with E-state index >= 15 is 0 Å². The van der Waals surface area contributed by atoms with Gasteiger partial charge in [0.2, 0.25) is 0 Å². The van der Waals surface area contributed by atoms with Crippen LogP contribution in [0.25, 0.3) is 11.3 Å². The number of nitrogens with one attached hydrogen (secondary N) is 2. The Morgan fingerprint density at radius 2 is 1.77 bits per heavy atom. The second kappa shape index (κ2) is 10.1. The predicted octanol–water partition coefficient (Wildman–Crippen LogP) is 3.33. The lowest BCUT2D eigenvalue weighted by atomic mass is 10.0. The van der Waals surface area contributed by atoms with Gasteiger partial charge in [0.05, 0.1) is 19.6 Å². The number of esters is 1. The third-order valence-electron chi connectivity index (χ3n) is 4.18. The number of methoxy groups -OCH3 is 1. The van der Waals surface area contributed by atoms with Crippen molar-refractivity contribution in [1.82, 2.24) is 14.9 Å². The van der Waals surface area contributed by atoms with Gasteiger partial charge in [0.25, 0.3) is 0 Å². The molecular formula is C20H17BrN4O4S. The number of hydrogen-bond acceptors (Lipinski definition) is 7. The van der Waals surface area contributed by atoms with Crippen LogP contribution < -0.4 is 10.6 Å². The van der Waals surface area contributed by atoms with E-state index in [9.17, 15) is 14.4 Å². The molecule has 0 aliphatic heterocycles. The fourth-order valence-corrected chi connectivity index (χ4v) is 3.35. The fraction of sp³-hybridized carbons (Fsp3) is 0.150.